The summed E-state index contributed by atoms with van der Waals surface area (Å²) >= 11 is 1.83. The van der Waals surface area contributed by atoms with Crippen molar-refractivity contribution in [3.63, 3.8) is 0 Å². The number of hydrogen-bond donors (Lipinski definition) is 0. The summed E-state index contributed by atoms with van der Waals surface area (Å²) in [6, 6.07) is 11.4. The first-order valence-electron chi connectivity index (χ1n) is 8.17. The molecule has 2 fully saturated rings. The van der Waals surface area contributed by atoms with Crippen molar-refractivity contribution >= 4 is 11.3 Å². The minimum Gasteiger partial charge on any atom is -0.489 e. The summed E-state index contributed by atoms with van der Waals surface area (Å²) in [5.74, 6) is 0.408. The Hall–Kier alpha value is -1.43. The second-order valence-electron chi connectivity index (χ2n) is 6.40. The predicted octanol–water partition coefficient (Wildman–Crippen LogP) is 3.22. The zero-order valence-corrected chi connectivity index (χ0v) is 13.8. The van der Waals surface area contributed by atoms with Crippen LogP contribution in [0.15, 0.2) is 41.8 Å². The Morgan fingerprint density at radius 1 is 1.17 bits per heavy atom. The van der Waals surface area contributed by atoms with Crippen LogP contribution in [0.25, 0.3) is 0 Å². The smallest absolute Gasteiger partial charge is 0.126 e. The number of nitrogens with zero attached hydrogens (tertiary/aromatic N) is 2. The average Bonchev–Trinajstić information content (AvgIpc) is 3.16. The molecule has 2 aliphatic heterocycles. The zero-order valence-electron chi connectivity index (χ0n) is 13.0. The largest absolute Gasteiger partial charge is 0.489 e. The second kappa shape index (κ2) is 6.59. The van der Waals surface area contributed by atoms with Crippen LogP contribution in [-0.2, 0) is 6.54 Å². The first-order valence-corrected chi connectivity index (χ1v) is 9.05. The number of fused-ring (bicyclic) bond motifs is 1. The van der Waals surface area contributed by atoms with Crippen LogP contribution in [0.1, 0.15) is 11.3 Å². The lowest BCUT2D eigenvalue weighted by molar-refractivity contribution is 0.0985. The SMILES string of the molecule is Fc1cccc(O[C@@H]2C[C@@H]3CN(Cc4cccs4)CCN3C2)c1. The standard InChI is InChI=1S/C18H21FN2OS/c19-14-3-1-4-16(9-14)22-17-10-15-11-20(6-7-21(15)12-17)13-18-5-2-8-23-18/h1-5,8-9,15,17H,6-7,10-13H2/t15-,17-/m1/s1. The molecule has 3 nitrogen and oxygen atoms in total. The Labute approximate surface area is 140 Å². The Morgan fingerprint density at radius 3 is 2.96 bits per heavy atom. The minimum absolute atomic E-state index is 0.170. The number of thiophene rings is 1. The van der Waals surface area contributed by atoms with Crippen LogP contribution >= 0.6 is 11.3 Å². The van der Waals surface area contributed by atoms with Gasteiger partial charge in [0.1, 0.15) is 17.7 Å². The van der Waals surface area contributed by atoms with Gasteiger partial charge in [0.05, 0.1) is 0 Å². The van der Waals surface area contributed by atoms with Crippen LogP contribution in [0, 0.1) is 5.82 Å². The maximum absolute atomic E-state index is 13.3. The van der Waals surface area contributed by atoms with Crippen LogP contribution in [0.4, 0.5) is 4.39 Å². The fourth-order valence-corrected chi connectivity index (χ4v) is 4.39. The molecule has 0 saturated carbocycles. The van der Waals surface area contributed by atoms with Crippen molar-refractivity contribution in [3.05, 3.63) is 52.5 Å². The third kappa shape index (κ3) is 3.57. The lowest BCUT2D eigenvalue weighted by Gasteiger charge is -2.36. The fraction of sp³-hybridized carbons (Fsp3) is 0.444. The highest BCUT2D eigenvalue weighted by molar-refractivity contribution is 7.09. The Bertz CT molecular complexity index is 648. The maximum atomic E-state index is 13.3. The summed E-state index contributed by atoms with van der Waals surface area (Å²) in [5.41, 5.74) is 0. The van der Waals surface area contributed by atoms with E-state index in [1.54, 1.807) is 6.07 Å². The van der Waals surface area contributed by atoms with Crippen LogP contribution < -0.4 is 4.74 Å². The highest BCUT2D eigenvalue weighted by Crippen LogP contribution is 2.27. The molecule has 1 aromatic heterocycles. The van der Waals surface area contributed by atoms with E-state index in [1.807, 2.05) is 17.4 Å². The van der Waals surface area contributed by atoms with Crippen molar-refractivity contribution in [1.82, 2.24) is 9.80 Å². The number of piperazine rings is 1. The van der Waals surface area contributed by atoms with Gasteiger partial charge in [0.2, 0.25) is 0 Å². The predicted molar refractivity (Wildman–Crippen MR) is 90.4 cm³/mol. The van der Waals surface area contributed by atoms with Crippen molar-refractivity contribution in [3.8, 4) is 5.75 Å². The first kappa shape index (κ1) is 15.1. The molecule has 2 saturated heterocycles. The van der Waals surface area contributed by atoms with E-state index in [2.05, 4.69) is 27.3 Å². The van der Waals surface area contributed by atoms with Crippen LogP contribution in [0.5, 0.6) is 5.75 Å². The second-order valence-corrected chi connectivity index (χ2v) is 7.43. The van der Waals surface area contributed by atoms with Gasteiger partial charge < -0.3 is 4.74 Å². The van der Waals surface area contributed by atoms with Gasteiger partial charge in [0.15, 0.2) is 0 Å². The van der Waals surface area contributed by atoms with Gasteiger partial charge in [0.25, 0.3) is 0 Å². The maximum Gasteiger partial charge on any atom is 0.126 e. The lowest BCUT2D eigenvalue weighted by Crippen LogP contribution is -2.49. The summed E-state index contributed by atoms with van der Waals surface area (Å²) in [4.78, 5) is 6.50. The van der Waals surface area contributed by atoms with Gasteiger partial charge in [-0.2, -0.15) is 0 Å². The molecule has 0 amide bonds. The van der Waals surface area contributed by atoms with E-state index in [9.17, 15) is 4.39 Å². The molecule has 0 unspecified atom stereocenters. The normalized spacial score (nSPS) is 25.4. The van der Waals surface area contributed by atoms with Crippen molar-refractivity contribution in [2.24, 2.45) is 0 Å². The Morgan fingerprint density at radius 2 is 2.13 bits per heavy atom. The molecule has 0 bridgehead atoms. The van der Waals surface area contributed by atoms with Gasteiger partial charge in [-0.15, -0.1) is 11.3 Å². The van der Waals surface area contributed by atoms with Gasteiger partial charge >= 0.3 is 0 Å². The summed E-state index contributed by atoms with van der Waals surface area (Å²) in [7, 11) is 0. The molecule has 0 aliphatic carbocycles. The van der Waals surface area contributed by atoms with Gasteiger partial charge in [-0.25, -0.2) is 4.39 Å². The highest BCUT2D eigenvalue weighted by Gasteiger charge is 2.37. The van der Waals surface area contributed by atoms with E-state index in [-0.39, 0.29) is 11.9 Å². The molecule has 5 heteroatoms. The van der Waals surface area contributed by atoms with Crippen molar-refractivity contribution < 1.29 is 9.13 Å². The molecular formula is C18H21FN2OS. The molecule has 3 heterocycles. The van der Waals surface area contributed by atoms with E-state index in [4.69, 9.17) is 4.74 Å². The minimum atomic E-state index is -0.236. The molecule has 2 aliphatic rings. The molecule has 0 spiro atoms. The topological polar surface area (TPSA) is 15.7 Å². The van der Waals surface area contributed by atoms with Crippen molar-refractivity contribution in [2.45, 2.75) is 25.1 Å². The number of ether oxygens (including phenoxy) is 1. The average molecular weight is 332 g/mol. The summed E-state index contributed by atoms with van der Waals surface area (Å²) in [6.45, 7) is 5.31. The van der Waals surface area contributed by atoms with Gasteiger partial charge in [0, 0.05) is 56.1 Å². The molecule has 2 aromatic rings. The molecule has 2 atom stereocenters. The van der Waals surface area contributed by atoms with E-state index in [0.29, 0.717) is 11.8 Å². The van der Waals surface area contributed by atoms with Gasteiger partial charge in [-0.3, -0.25) is 9.80 Å². The van der Waals surface area contributed by atoms with Crippen LogP contribution in [0.2, 0.25) is 0 Å². The number of halogens is 1. The van der Waals surface area contributed by atoms with Gasteiger partial charge in [-0.1, -0.05) is 12.1 Å². The van der Waals surface area contributed by atoms with E-state index in [0.717, 1.165) is 39.1 Å². The van der Waals surface area contributed by atoms with Gasteiger partial charge in [-0.05, 0) is 23.6 Å². The highest BCUT2D eigenvalue weighted by atomic mass is 32.1. The van der Waals surface area contributed by atoms with Crippen LogP contribution in [-0.4, -0.2) is 48.1 Å². The lowest BCUT2D eigenvalue weighted by atomic mass is 10.1. The zero-order chi connectivity index (χ0) is 15.6. The Balaban J connectivity index is 1.34. The monoisotopic (exact) mass is 332 g/mol. The van der Waals surface area contributed by atoms with E-state index >= 15 is 0 Å². The molecule has 0 N–H and O–H groups in total. The van der Waals surface area contributed by atoms with Crippen molar-refractivity contribution in [2.75, 3.05) is 26.2 Å². The number of benzene rings is 1. The third-order valence-electron chi connectivity index (χ3n) is 4.72. The quantitative estimate of drug-likeness (QED) is 0.855. The Kier molecular flexibility index (Phi) is 4.33. The molecule has 1 aromatic carbocycles. The van der Waals surface area contributed by atoms with E-state index in [1.165, 1.54) is 17.0 Å². The third-order valence-corrected chi connectivity index (χ3v) is 5.58. The molecule has 4 rings (SSSR count). The first-order chi connectivity index (χ1) is 11.3. The molecular weight excluding hydrogens is 311 g/mol. The summed E-state index contributed by atoms with van der Waals surface area (Å²) < 4.78 is 19.3. The number of rotatable bonds is 4. The molecule has 122 valence electrons. The van der Waals surface area contributed by atoms with Crippen LogP contribution in [0.3, 0.4) is 0 Å². The molecule has 23 heavy (non-hydrogen) atoms. The summed E-state index contributed by atoms with van der Waals surface area (Å²) in [5, 5.41) is 2.14. The fourth-order valence-electron chi connectivity index (χ4n) is 3.65. The summed E-state index contributed by atoms with van der Waals surface area (Å²) in [6.07, 6.45) is 1.20. The number of hydrogen-bond acceptors (Lipinski definition) is 4. The van der Waals surface area contributed by atoms with Crippen molar-refractivity contribution in [1.29, 1.82) is 0 Å². The van der Waals surface area contributed by atoms with E-state index < -0.39 is 0 Å². The molecule has 0 radical (unpaired) electrons.